The Labute approximate surface area is 327 Å². The van der Waals surface area contributed by atoms with Crippen LogP contribution in [0.4, 0.5) is 9.18 Å². The van der Waals surface area contributed by atoms with Crippen molar-refractivity contribution in [1.82, 2.24) is 25.2 Å². The Balaban J connectivity index is 1.34. The summed E-state index contributed by atoms with van der Waals surface area (Å²) in [5.41, 5.74) is -2.49. The summed E-state index contributed by atoms with van der Waals surface area (Å²) in [6.45, 7) is 10.3. The number of alkyl carbamates (subject to hydrolysis) is 1. The number of carbonyl (C=O) groups excluding carboxylic acids is 4. The first kappa shape index (κ1) is 41.2. The maximum Gasteiger partial charge on any atom is 0.408 e. The third-order valence-electron chi connectivity index (χ3n) is 11.2. The van der Waals surface area contributed by atoms with Crippen LogP contribution in [-0.2, 0) is 29.1 Å². The summed E-state index contributed by atoms with van der Waals surface area (Å²) in [7, 11) is -4.38. The number of ether oxygens (including phenoxy) is 3. The summed E-state index contributed by atoms with van der Waals surface area (Å²) in [5, 5.41) is 7.12. The number of carbonyl (C=O) groups is 4. The summed E-state index contributed by atoms with van der Waals surface area (Å²) < 4.78 is 58.3. The van der Waals surface area contributed by atoms with Crippen LogP contribution in [0.5, 0.6) is 11.6 Å². The molecule has 0 bridgehead atoms. The summed E-state index contributed by atoms with van der Waals surface area (Å²) in [6.07, 6.45) is 5.99. The predicted octanol–water partition coefficient (Wildman–Crippen LogP) is 4.71. The summed E-state index contributed by atoms with van der Waals surface area (Å²) >= 11 is 0. The molecule has 1 aromatic carbocycles. The van der Waals surface area contributed by atoms with Crippen molar-refractivity contribution >= 4 is 44.6 Å². The molecule has 4 amide bonds. The molecule has 0 radical (unpaired) electrons. The molecule has 0 unspecified atom stereocenters. The second-order valence-electron chi connectivity index (χ2n) is 16.9. The normalized spacial score (nSPS) is 29.7. The molecule has 2 aliphatic heterocycles. The van der Waals surface area contributed by atoms with Crippen LogP contribution in [0.25, 0.3) is 10.8 Å². The highest BCUT2D eigenvalue weighted by Gasteiger charge is 2.64. The van der Waals surface area contributed by atoms with Crippen molar-refractivity contribution in [3.05, 3.63) is 42.6 Å². The molecular weight excluding hydrogens is 746 g/mol. The number of hydrogen-bond donors (Lipinski definition) is 3. The molecule has 2 saturated carbocycles. The van der Waals surface area contributed by atoms with Crippen molar-refractivity contribution in [1.29, 1.82) is 0 Å². The molecule has 4 aliphatic rings. The number of amides is 4. The van der Waals surface area contributed by atoms with Crippen LogP contribution in [0.3, 0.4) is 0 Å². The summed E-state index contributed by atoms with van der Waals surface area (Å²) in [5.74, 6) is -2.01. The maximum atomic E-state index is 14.8. The van der Waals surface area contributed by atoms with E-state index in [1.54, 1.807) is 33.0 Å². The topological polar surface area (TPSA) is 182 Å². The molecule has 56 heavy (non-hydrogen) atoms. The third kappa shape index (κ3) is 8.74. The average molecular weight is 800 g/mol. The smallest absolute Gasteiger partial charge is 0.408 e. The van der Waals surface area contributed by atoms with E-state index in [1.165, 1.54) is 4.90 Å². The van der Waals surface area contributed by atoms with E-state index in [-0.39, 0.29) is 49.9 Å². The number of alkyl halides is 1. The molecule has 1 aromatic heterocycles. The number of nitrogens with zero attached hydrogens (tertiary/aromatic N) is 2. The SMILES string of the molecule is CCOc1ccc2c(O[C@@H]3C[C@H]4C(=O)N[C@]5(C(=O)NS(=O)(=O)C6(CF)CC6)C[C@H]5/C=C\CC[C@H](C)C[C@@H](C)[C@H](NC(=O)OC(C)(C)C)C(=O)N4C3)nccc2c1. The number of hydrogen-bond acceptors (Lipinski definition) is 10. The zero-order chi connectivity index (χ0) is 40.6. The van der Waals surface area contributed by atoms with Gasteiger partial charge in [0.25, 0.3) is 5.91 Å². The molecule has 2 aliphatic carbocycles. The van der Waals surface area contributed by atoms with E-state index < -0.39 is 80.5 Å². The molecule has 7 atom stereocenters. The molecule has 3 heterocycles. The van der Waals surface area contributed by atoms with Gasteiger partial charge < -0.3 is 29.7 Å². The van der Waals surface area contributed by atoms with Crippen molar-refractivity contribution in [2.75, 3.05) is 19.8 Å². The van der Waals surface area contributed by atoms with Crippen molar-refractivity contribution in [3.8, 4) is 11.6 Å². The van der Waals surface area contributed by atoms with Gasteiger partial charge in [0.05, 0.1) is 13.2 Å². The lowest BCUT2D eigenvalue weighted by Gasteiger charge is -2.33. The second kappa shape index (κ2) is 15.8. The Kier molecular flexibility index (Phi) is 11.6. The van der Waals surface area contributed by atoms with Gasteiger partial charge in [-0.1, -0.05) is 26.0 Å². The molecule has 1 saturated heterocycles. The highest BCUT2D eigenvalue weighted by atomic mass is 32.2. The first-order chi connectivity index (χ1) is 26.4. The highest BCUT2D eigenvalue weighted by molar-refractivity contribution is 7.91. The monoisotopic (exact) mass is 799 g/mol. The van der Waals surface area contributed by atoms with Crippen LogP contribution in [0, 0.1) is 17.8 Å². The molecule has 3 fully saturated rings. The highest BCUT2D eigenvalue weighted by Crippen LogP contribution is 2.48. The Bertz CT molecular complexity index is 1980. The number of nitrogens with one attached hydrogen (secondary N) is 3. The van der Waals surface area contributed by atoms with Crippen molar-refractivity contribution < 1.29 is 46.2 Å². The quantitative estimate of drug-likeness (QED) is 0.301. The van der Waals surface area contributed by atoms with Crippen LogP contribution in [0.15, 0.2) is 42.6 Å². The van der Waals surface area contributed by atoms with Crippen molar-refractivity contribution in [3.63, 3.8) is 0 Å². The lowest BCUT2D eigenvalue weighted by atomic mass is 9.88. The number of allylic oxidation sites excluding steroid dienone is 1. The molecule has 14 nitrogen and oxygen atoms in total. The number of halogens is 1. The Morgan fingerprint density at radius 3 is 2.55 bits per heavy atom. The number of benzene rings is 1. The van der Waals surface area contributed by atoms with Gasteiger partial charge in [0, 0.05) is 23.9 Å². The van der Waals surface area contributed by atoms with Gasteiger partial charge in [0.2, 0.25) is 27.7 Å². The van der Waals surface area contributed by atoms with E-state index in [4.69, 9.17) is 14.2 Å². The van der Waals surface area contributed by atoms with Crippen LogP contribution in [-0.4, -0.2) is 96.0 Å². The van der Waals surface area contributed by atoms with E-state index in [2.05, 4.69) is 27.3 Å². The largest absolute Gasteiger partial charge is 0.494 e. The Morgan fingerprint density at radius 1 is 1.12 bits per heavy atom. The molecule has 2 aromatic rings. The van der Waals surface area contributed by atoms with E-state index in [0.29, 0.717) is 30.6 Å². The zero-order valence-corrected chi connectivity index (χ0v) is 33.7. The standard InChI is InChI=1S/C40H54FN5O9S/c1-7-53-28-12-13-30-26(19-28)14-17-42-34(30)54-29-20-31-33(47)44-40(36(49)45-56(51,52)39(23-41)15-16-39)21-27(40)11-9-8-10-24(2)18-25(3)32(35(48)46(31)22-29)43-37(50)55-38(4,5)6/h9,11-14,17,19,24-25,27,29,31-32H,7-8,10,15-16,18,20-23H2,1-6H3,(H,43,50)(H,44,47)(H,45,49)/b11-9-/t24-,25+,27+,29+,31-,32-,40+/m0/s1. The fourth-order valence-corrected chi connectivity index (χ4v) is 9.25. The minimum absolute atomic E-state index is 0.00191. The lowest BCUT2D eigenvalue weighted by Crippen LogP contribution is -2.59. The molecular formula is C40H54FN5O9S. The van der Waals surface area contributed by atoms with Gasteiger partial charge in [-0.3, -0.25) is 19.1 Å². The number of aromatic nitrogens is 1. The predicted molar refractivity (Wildman–Crippen MR) is 206 cm³/mol. The van der Waals surface area contributed by atoms with Crippen LogP contribution in [0.1, 0.15) is 86.5 Å². The second-order valence-corrected chi connectivity index (χ2v) is 19.0. The van der Waals surface area contributed by atoms with Gasteiger partial charge in [0.1, 0.15) is 46.5 Å². The van der Waals surface area contributed by atoms with Gasteiger partial charge >= 0.3 is 6.09 Å². The minimum Gasteiger partial charge on any atom is -0.494 e. The molecule has 16 heteroatoms. The van der Waals surface area contributed by atoms with Crippen molar-refractivity contribution in [2.24, 2.45) is 17.8 Å². The third-order valence-corrected chi connectivity index (χ3v) is 13.3. The number of pyridine rings is 1. The molecule has 0 spiro atoms. The lowest BCUT2D eigenvalue weighted by molar-refractivity contribution is -0.142. The fraction of sp³-hybridized carbons (Fsp3) is 0.625. The van der Waals surface area contributed by atoms with E-state index >= 15 is 0 Å². The van der Waals surface area contributed by atoms with E-state index in [0.717, 1.165) is 11.8 Å². The van der Waals surface area contributed by atoms with Crippen molar-refractivity contribution in [2.45, 2.75) is 121 Å². The fourth-order valence-electron chi connectivity index (χ4n) is 7.82. The first-order valence-electron chi connectivity index (χ1n) is 19.5. The van der Waals surface area contributed by atoms with Gasteiger partial charge in [0.15, 0.2) is 0 Å². The van der Waals surface area contributed by atoms with E-state index in [9.17, 15) is 32.0 Å². The number of fused-ring (bicyclic) bond motifs is 3. The Morgan fingerprint density at radius 2 is 1.88 bits per heavy atom. The Hall–Kier alpha value is -4.47. The first-order valence-corrected chi connectivity index (χ1v) is 21.0. The van der Waals surface area contributed by atoms with Gasteiger partial charge in [-0.25, -0.2) is 22.6 Å². The molecule has 306 valence electrons. The van der Waals surface area contributed by atoms with Crippen LogP contribution >= 0.6 is 0 Å². The minimum atomic E-state index is -4.38. The maximum absolute atomic E-state index is 14.8. The van der Waals surface area contributed by atoms with Gasteiger partial charge in [-0.15, -0.1) is 0 Å². The van der Waals surface area contributed by atoms with Gasteiger partial charge in [-0.2, -0.15) is 0 Å². The van der Waals surface area contributed by atoms with E-state index in [1.807, 2.05) is 44.2 Å². The summed E-state index contributed by atoms with van der Waals surface area (Å²) in [6, 6.07) is 5.04. The van der Waals surface area contributed by atoms with Crippen LogP contribution in [0.2, 0.25) is 0 Å². The van der Waals surface area contributed by atoms with Crippen LogP contribution < -0.4 is 24.8 Å². The molecule has 6 rings (SSSR count). The number of rotatable bonds is 9. The van der Waals surface area contributed by atoms with Gasteiger partial charge in [-0.05, 0) is 108 Å². The summed E-state index contributed by atoms with van der Waals surface area (Å²) in [4.78, 5) is 62.2. The molecule has 3 N–H and O–H groups in total. The number of sulfonamides is 1. The zero-order valence-electron chi connectivity index (χ0n) is 32.9. The average Bonchev–Trinajstić information content (AvgIpc) is 4.03.